The number of nitrogens with one attached hydrogen (secondary N) is 1. The SMILES string of the molecule is CO[C@H]1O[C@H](COC(=N)C(Cl)(Cl)Cl)[C@@H](OS(=O)(=O)C(F)(F)F)[C@H](OCc2ccccc2)[C@H]1OCc1ccccc1. The topological polar surface area (TPSA) is 113 Å². The van der Waals surface area contributed by atoms with Crippen LogP contribution in [0.25, 0.3) is 0 Å². The maximum Gasteiger partial charge on any atom is 0.523 e. The fourth-order valence-corrected chi connectivity index (χ4v) is 4.46. The van der Waals surface area contributed by atoms with E-state index in [9.17, 15) is 21.6 Å². The van der Waals surface area contributed by atoms with Gasteiger partial charge in [0.1, 0.15) is 31.0 Å². The minimum Gasteiger partial charge on any atom is -0.475 e. The molecule has 16 heteroatoms. The van der Waals surface area contributed by atoms with E-state index in [0.717, 1.165) is 0 Å². The molecule has 222 valence electrons. The lowest BCUT2D eigenvalue weighted by molar-refractivity contribution is -0.309. The highest BCUT2D eigenvalue weighted by molar-refractivity contribution is 7.87. The molecule has 1 heterocycles. The highest BCUT2D eigenvalue weighted by atomic mass is 35.6. The molecule has 1 aliphatic rings. The molecular formula is C24H25Cl3F3NO8S. The van der Waals surface area contributed by atoms with Crippen LogP contribution in [0.3, 0.4) is 0 Å². The van der Waals surface area contributed by atoms with E-state index >= 15 is 0 Å². The normalized spacial score (nSPS) is 24.0. The minimum absolute atomic E-state index is 0.0578. The summed E-state index contributed by atoms with van der Waals surface area (Å²) in [6.45, 7) is -0.990. The van der Waals surface area contributed by atoms with Gasteiger partial charge in [-0.25, -0.2) is 0 Å². The van der Waals surface area contributed by atoms with Gasteiger partial charge in [0.15, 0.2) is 6.29 Å². The third-order valence-corrected chi connectivity index (χ3v) is 7.12. The Balaban J connectivity index is 1.99. The van der Waals surface area contributed by atoms with E-state index in [4.69, 9.17) is 63.9 Å². The Morgan fingerprint density at radius 3 is 1.85 bits per heavy atom. The molecular weight excluding hydrogens is 626 g/mol. The number of rotatable bonds is 11. The molecule has 0 aliphatic carbocycles. The molecule has 9 nitrogen and oxygen atoms in total. The van der Waals surface area contributed by atoms with Crippen molar-refractivity contribution >= 4 is 50.8 Å². The first kappa shape index (κ1) is 32.8. The first-order chi connectivity index (χ1) is 18.7. The van der Waals surface area contributed by atoms with Crippen molar-refractivity contribution in [3.8, 4) is 0 Å². The molecule has 0 spiro atoms. The highest BCUT2D eigenvalue weighted by Crippen LogP contribution is 2.35. The van der Waals surface area contributed by atoms with Gasteiger partial charge in [0, 0.05) is 7.11 Å². The van der Waals surface area contributed by atoms with E-state index in [0.29, 0.717) is 11.1 Å². The molecule has 0 amide bonds. The van der Waals surface area contributed by atoms with Crippen molar-refractivity contribution < 1.29 is 49.5 Å². The maximum absolute atomic E-state index is 13.4. The van der Waals surface area contributed by atoms with Gasteiger partial charge in [0.05, 0.1) is 13.2 Å². The standard InChI is InChI=1S/C24H25Cl3F3NO8S/c1-34-21-20(36-13-16-10-6-3-7-11-16)19(35-12-15-8-4-2-5-9-15)18(39-40(32,33)24(28,29)30)17(38-21)14-37-22(31)23(25,26)27/h2-11,17-21,31H,12-14H2,1H3/t17-,18-,19+,20-,21+/m1/s1. The van der Waals surface area contributed by atoms with Crippen LogP contribution in [0.2, 0.25) is 0 Å². The van der Waals surface area contributed by atoms with Crippen LogP contribution >= 0.6 is 34.8 Å². The van der Waals surface area contributed by atoms with Crippen LogP contribution in [0.15, 0.2) is 60.7 Å². The number of benzene rings is 2. The van der Waals surface area contributed by atoms with Crippen LogP contribution in [0.4, 0.5) is 13.2 Å². The quantitative estimate of drug-likeness (QED) is 0.117. The summed E-state index contributed by atoms with van der Waals surface area (Å²) in [5, 5.41) is 7.74. The van der Waals surface area contributed by atoms with Crippen molar-refractivity contribution in [1.82, 2.24) is 0 Å². The van der Waals surface area contributed by atoms with Gasteiger partial charge in [-0.15, -0.1) is 0 Å². The van der Waals surface area contributed by atoms with Crippen LogP contribution in [-0.4, -0.2) is 68.0 Å². The summed E-state index contributed by atoms with van der Waals surface area (Å²) >= 11 is 16.9. The highest BCUT2D eigenvalue weighted by Gasteiger charge is 2.56. The van der Waals surface area contributed by atoms with Crippen LogP contribution in [0, 0.1) is 5.41 Å². The van der Waals surface area contributed by atoms with Crippen LogP contribution in [0.5, 0.6) is 0 Å². The summed E-state index contributed by atoms with van der Waals surface area (Å²) in [6, 6.07) is 17.3. The van der Waals surface area contributed by atoms with Crippen LogP contribution < -0.4 is 0 Å². The number of ether oxygens (including phenoxy) is 5. The minimum atomic E-state index is -6.17. The van der Waals surface area contributed by atoms with Gasteiger partial charge >= 0.3 is 15.6 Å². The van der Waals surface area contributed by atoms with Gasteiger partial charge in [0.2, 0.25) is 5.90 Å². The number of methoxy groups -OCH3 is 1. The molecule has 0 radical (unpaired) electrons. The second-order valence-electron chi connectivity index (χ2n) is 8.40. The zero-order chi connectivity index (χ0) is 29.6. The first-order valence-electron chi connectivity index (χ1n) is 11.5. The Labute approximate surface area is 243 Å². The predicted molar refractivity (Wildman–Crippen MR) is 140 cm³/mol. The summed E-state index contributed by atoms with van der Waals surface area (Å²) in [5.74, 6) is -0.892. The number of hydrogen-bond donors (Lipinski definition) is 1. The molecule has 40 heavy (non-hydrogen) atoms. The fourth-order valence-electron chi connectivity index (χ4n) is 3.67. The fraction of sp³-hybridized carbons (Fsp3) is 0.458. The van der Waals surface area contributed by atoms with Crippen molar-refractivity contribution in [2.45, 2.75) is 53.2 Å². The molecule has 0 saturated carbocycles. The zero-order valence-electron chi connectivity index (χ0n) is 20.7. The van der Waals surface area contributed by atoms with Gasteiger partial charge in [-0.05, 0) is 11.1 Å². The molecule has 2 aromatic carbocycles. The smallest absolute Gasteiger partial charge is 0.475 e. The Morgan fingerprint density at radius 1 is 0.900 bits per heavy atom. The Kier molecular flexibility index (Phi) is 11.5. The first-order valence-corrected chi connectivity index (χ1v) is 14.0. The lowest BCUT2D eigenvalue weighted by Gasteiger charge is -2.45. The van der Waals surface area contributed by atoms with Crippen molar-refractivity contribution in [3.63, 3.8) is 0 Å². The molecule has 1 fully saturated rings. The molecule has 0 unspecified atom stereocenters. The summed E-state index contributed by atoms with van der Waals surface area (Å²) in [7, 11) is -4.93. The zero-order valence-corrected chi connectivity index (χ0v) is 23.8. The van der Waals surface area contributed by atoms with Crippen molar-refractivity contribution in [2.75, 3.05) is 13.7 Å². The molecule has 5 atom stereocenters. The second-order valence-corrected chi connectivity index (χ2v) is 12.2. The third-order valence-electron chi connectivity index (χ3n) is 5.56. The van der Waals surface area contributed by atoms with E-state index in [1.807, 2.05) is 0 Å². The van der Waals surface area contributed by atoms with E-state index < -0.39 is 62.6 Å². The van der Waals surface area contributed by atoms with Crippen molar-refractivity contribution in [3.05, 3.63) is 71.8 Å². The molecule has 0 aromatic heterocycles. The van der Waals surface area contributed by atoms with E-state index in [1.54, 1.807) is 60.7 Å². The lowest BCUT2D eigenvalue weighted by Crippen LogP contribution is -2.62. The predicted octanol–water partition coefficient (Wildman–Crippen LogP) is 5.13. The van der Waals surface area contributed by atoms with E-state index in [-0.39, 0.29) is 13.2 Å². The summed E-state index contributed by atoms with van der Waals surface area (Å²) in [4.78, 5) is 0. The van der Waals surface area contributed by atoms with Crippen molar-refractivity contribution in [1.29, 1.82) is 5.41 Å². The summed E-state index contributed by atoms with van der Waals surface area (Å²) in [5.41, 5.74) is -4.46. The number of halogens is 6. The number of alkyl halides is 6. The van der Waals surface area contributed by atoms with E-state index in [1.165, 1.54) is 7.11 Å². The van der Waals surface area contributed by atoms with E-state index in [2.05, 4.69) is 4.18 Å². The Morgan fingerprint density at radius 2 is 1.40 bits per heavy atom. The molecule has 2 aromatic rings. The van der Waals surface area contributed by atoms with Crippen LogP contribution in [0.1, 0.15) is 11.1 Å². The van der Waals surface area contributed by atoms with Gasteiger partial charge in [0.25, 0.3) is 3.79 Å². The number of hydrogen-bond acceptors (Lipinski definition) is 9. The summed E-state index contributed by atoms with van der Waals surface area (Å²) in [6.07, 6.45) is -7.72. The molecule has 1 saturated heterocycles. The Hall–Kier alpha value is -1.68. The van der Waals surface area contributed by atoms with Gasteiger partial charge in [-0.3, -0.25) is 9.59 Å². The van der Waals surface area contributed by atoms with Crippen molar-refractivity contribution in [2.24, 2.45) is 0 Å². The Bertz CT molecular complexity index is 1200. The average Bonchev–Trinajstić information content (AvgIpc) is 2.90. The second kappa shape index (κ2) is 14.0. The average molecular weight is 651 g/mol. The largest absolute Gasteiger partial charge is 0.523 e. The molecule has 3 rings (SSSR count). The maximum atomic E-state index is 13.4. The lowest BCUT2D eigenvalue weighted by atomic mass is 9.98. The summed E-state index contributed by atoms with van der Waals surface area (Å²) < 4.78 is 95.0. The van der Waals surface area contributed by atoms with Gasteiger partial charge in [-0.2, -0.15) is 21.6 Å². The van der Waals surface area contributed by atoms with Gasteiger partial charge < -0.3 is 23.7 Å². The monoisotopic (exact) mass is 649 g/mol. The van der Waals surface area contributed by atoms with Gasteiger partial charge in [-0.1, -0.05) is 95.5 Å². The third kappa shape index (κ3) is 8.91. The molecule has 1 aliphatic heterocycles. The van der Waals surface area contributed by atoms with Crippen LogP contribution in [-0.2, 0) is 51.2 Å². The molecule has 0 bridgehead atoms. The molecule has 1 N–H and O–H groups in total.